The van der Waals surface area contributed by atoms with Crippen LogP contribution in [-0.2, 0) is 13.0 Å². The van der Waals surface area contributed by atoms with Crippen LogP contribution in [0, 0.1) is 16.0 Å². The average Bonchev–Trinajstić information content (AvgIpc) is 2.55. The number of benzene rings is 1. The lowest BCUT2D eigenvalue weighted by molar-refractivity contribution is -0.384. The molecule has 116 valence electrons. The summed E-state index contributed by atoms with van der Waals surface area (Å²) in [6, 6.07) is 12.2. The number of nitrogens with zero attached hydrogens (tertiary/aromatic N) is 2. The van der Waals surface area contributed by atoms with E-state index in [4.69, 9.17) is 0 Å². The van der Waals surface area contributed by atoms with Crippen LogP contribution < -0.4 is 5.32 Å². The Bertz CT molecular complexity index is 587. The number of nitrogens with one attached hydrogen (secondary N) is 1. The highest BCUT2D eigenvalue weighted by Crippen LogP contribution is 2.12. The first kappa shape index (κ1) is 16.1. The second kappa shape index (κ2) is 8.21. The Morgan fingerprint density at radius 1 is 1.23 bits per heavy atom. The standard InChI is InChI=1S/C16H19N3O3/c20-12-14(9-15-3-1-2-8-18-15)11-17-10-13-4-6-16(7-5-13)19(21)22/h1-8,14,17,20H,9-12H2. The fourth-order valence-corrected chi connectivity index (χ4v) is 2.17. The van der Waals surface area contributed by atoms with Crippen LogP contribution >= 0.6 is 0 Å². The molecule has 6 heteroatoms. The van der Waals surface area contributed by atoms with Crippen LogP contribution in [0.1, 0.15) is 11.3 Å². The maximum Gasteiger partial charge on any atom is 0.269 e. The molecule has 2 rings (SSSR count). The van der Waals surface area contributed by atoms with Crippen LogP contribution in [0.5, 0.6) is 0 Å². The summed E-state index contributed by atoms with van der Waals surface area (Å²) in [6.07, 6.45) is 2.46. The van der Waals surface area contributed by atoms with Crippen LogP contribution in [0.3, 0.4) is 0 Å². The van der Waals surface area contributed by atoms with Gasteiger partial charge in [0.25, 0.3) is 5.69 Å². The zero-order valence-electron chi connectivity index (χ0n) is 12.2. The molecule has 1 aromatic carbocycles. The molecule has 0 fully saturated rings. The number of hydrogen-bond acceptors (Lipinski definition) is 5. The van der Waals surface area contributed by atoms with E-state index < -0.39 is 4.92 Å². The highest BCUT2D eigenvalue weighted by atomic mass is 16.6. The molecule has 0 aliphatic rings. The van der Waals surface area contributed by atoms with Gasteiger partial charge in [-0.25, -0.2) is 0 Å². The maximum absolute atomic E-state index is 10.6. The molecule has 2 aromatic rings. The van der Waals surface area contributed by atoms with Gasteiger partial charge in [-0.05, 0) is 30.0 Å². The highest BCUT2D eigenvalue weighted by molar-refractivity contribution is 5.32. The zero-order valence-corrected chi connectivity index (χ0v) is 12.2. The molecule has 0 bridgehead atoms. The van der Waals surface area contributed by atoms with Gasteiger partial charge in [0, 0.05) is 43.7 Å². The monoisotopic (exact) mass is 301 g/mol. The summed E-state index contributed by atoms with van der Waals surface area (Å²) in [4.78, 5) is 14.4. The topological polar surface area (TPSA) is 88.3 Å². The van der Waals surface area contributed by atoms with Crippen LogP contribution in [0.4, 0.5) is 5.69 Å². The molecule has 1 heterocycles. The first-order valence-electron chi connectivity index (χ1n) is 7.14. The van der Waals surface area contributed by atoms with Crippen molar-refractivity contribution < 1.29 is 10.0 Å². The average molecular weight is 301 g/mol. The van der Waals surface area contributed by atoms with E-state index in [0.717, 1.165) is 11.3 Å². The SMILES string of the molecule is O=[N+]([O-])c1ccc(CNCC(CO)Cc2ccccn2)cc1. The van der Waals surface area contributed by atoms with Gasteiger partial charge in [0.2, 0.25) is 0 Å². The fraction of sp³-hybridized carbons (Fsp3) is 0.312. The van der Waals surface area contributed by atoms with E-state index in [1.165, 1.54) is 12.1 Å². The van der Waals surface area contributed by atoms with Crippen molar-refractivity contribution in [2.75, 3.05) is 13.2 Å². The molecular formula is C16H19N3O3. The zero-order chi connectivity index (χ0) is 15.8. The molecular weight excluding hydrogens is 282 g/mol. The van der Waals surface area contributed by atoms with Crippen molar-refractivity contribution >= 4 is 5.69 Å². The third kappa shape index (κ3) is 4.91. The molecule has 2 N–H and O–H groups in total. The number of non-ortho nitro benzene ring substituents is 1. The number of aliphatic hydroxyl groups excluding tert-OH is 1. The number of rotatable bonds is 8. The van der Waals surface area contributed by atoms with Crippen LogP contribution in [0.25, 0.3) is 0 Å². The minimum Gasteiger partial charge on any atom is -0.396 e. The Labute approximate surface area is 129 Å². The largest absolute Gasteiger partial charge is 0.396 e. The normalized spacial score (nSPS) is 12.0. The van der Waals surface area contributed by atoms with Gasteiger partial charge >= 0.3 is 0 Å². The number of nitro benzene ring substituents is 1. The number of hydrogen-bond donors (Lipinski definition) is 2. The Balaban J connectivity index is 1.80. The molecule has 6 nitrogen and oxygen atoms in total. The molecule has 1 aromatic heterocycles. The maximum atomic E-state index is 10.6. The predicted octanol–water partition coefficient (Wildman–Crippen LogP) is 1.93. The third-order valence-electron chi connectivity index (χ3n) is 3.39. The predicted molar refractivity (Wildman–Crippen MR) is 83.3 cm³/mol. The van der Waals surface area contributed by atoms with Crippen molar-refractivity contribution in [1.82, 2.24) is 10.3 Å². The Morgan fingerprint density at radius 2 is 2.00 bits per heavy atom. The summed E-state index contributed by atoms with van der Waals surface area (Å²) in [5, 5.41) is 23.3. The fourth-order valence-electron chi connectivity index (χ4n) is 2.17. The summed E-state index contributed by atoms with van der Waals surface area (Å²) >= 11 is 0. The molecule has 0 saturated heterocycles. The van der Waals surface area contributed by atoms with E-state index in [1.54, 1.807) is 18.3 Å². The Kier molecular flexibility index (Phi) is 6.00. The lowest BCUT2D eigenvalue weighted by atomic mass is 10.0. The second-order valence-corrected chi connectivity index (χ2v) is 5.13. The summed E-state index contributed by atoms with van der Waals surface area (Å²) < 4.78 is 0. The summed E-state index contributed by atoms with van der Waals surface area (Å²) in [6.45, 7) is 1.35. The van der Waals surface area contributed by atoms with E-state index in [1.807, 2.05) is 18.2 Å². The van der Waals surface area contributed by atoms with Gasteiger partial charge in [-0.15, -0.1) is 0 Å². The molecule has 1 unspecified atom stereocenters. The summed E-state index contributed by atoms with van der Waals surface area (Å²) in [7, 11) is 0. The quantitative estimate of drug-likeness (QED) is 0.574. The van der Waals surface area contributed by atoms with Gasteiger partial charge in [-0.3, -0.25) is 15.1 Å². The second-order valence-electron chi connectivity index (χ2n) is 5.13. The molecule has 0 amide bonds. The van der Waals surface area contributed by atoms with E-state index >= 15 is 0 Å². The number of pyridine rings is 1. The molecule has 0 aliphatic heterocycles. The molecule has 0 radical (unpaired) electrons. The van der Waals surface area contributed by atoms with Crippen LogP contribution in [0.2, 0.25) is 0 Å². The van der Waals surface area contributed by atoms with Crippen molar-refractivity contribution in [3.8, 4) is 0 Å². The van der Waals surface area contributed by atoms with E-state index in [0.29, 0.717) is 19.5 Å². The van der Waals surface area contributed by atoms with Crippen molar-refractivity contribution in [3.63, 3.8) is 0 Å². The van der Waals surface area contributed by atoms with Gasteiger partial charge in [0.05, 0.1) is 4.92 Å². The van der Waals surface area contributed by atoms with Gasteiger partial charge in [-0.2, -0.15) is 0 Å². The molecule has 0 saturated carbocycles. The summed E-state index contributed by atoms with van der Waals surface area (Å²) in [5.41, 5.74) is 2.02. The molecule has 0 aliphatic carbocycles. The summed E-state index contributed by atoms with van der Waals surface area (Å²) in [5.74, 6) is 0.0907. The minimum atomic E-state index is -0.411. The number of nitro groups is 1. The van der Waals surface area contributed by atoms with E-state index in [-0.39, 0.29) is 18.2 Å². The van der Waals surface area contributed by atoms with Gasteiger partial charge in [-0.1, -0.05) is 18.2 Å². The van der Waals surface area contributed by atoms with Crippen LogP contribution in [-0.4, -0.2) is 28.2 Å². The van der Waals surface area contributed by atoms with Crippen molar-refractivity contribution in [2.24, 2.45) is 5.92 Å². The van der Waals surface area contributed by atoms with Gasteiger partial charge < -0.3 is 10.4 Å². The van der Waals surface area contributed by atoms with E-state index in [9.17, 15) is 15.2 Å². The third-order valence-corrected chi connectivity index (χ3v) is 3.39. The lowest BCUT2D eigenvalue weighted by Crippen LogP contribution is -2.26. The van der Waals surface area contributed by atoms with Crippen molar-refractivity contribution in [3.05, 3.63) is 70.0 Å². The van der Waals surface area contributed by atoms with Crippen LogP contribution in [0.15, 0.2) is 48.7 Å². The van der Waals surface area contributed by atoms with Gasteiger partial charge in [0.15, 0.2) is 0 Å². The number of aromatic nitrogens is 1. The van der Waals surface area contributed by atoms with Crippen molar-refractivity contribution in [2.45, 2.75) is 13.0 Å². The Morgan fingerprint density at radius 3 is 2.59 bits per heavy atom. The number of aliphatic hydroxyl groups is 1. The first-order valence-corrected chi connectivity index (χ1v) is 7.14. The highest BCUT2D eigenvalue weighted by Gasteiger charge is 2.09. The molecule has 22 heavy (non-hydrogen) atoms. The lowest BCUT2D eigenvalue weighted by Gasteiger charge is -2.14. The Hall–Kier alpha value is -2.31. The smallest absolute Gasteiger partial charge is 0.269 e. The minimum absolute atomic E-state index is 0.0871. The van der Waals surface area contributed by atoms with Gasteiger partial charge in [0.1, 0.15) is 0 Å². The first-order chi connectivity index (χ1) is 10.7. The molecule has 1 atom stereocenters. The molecule has 0 spiro atoms. The van der Waals surface area contributed by atoms with E-state index in [2.05, 4.69) is 10.3 Å². The van der Waals surface area contributed by atoms with Crippen molar-refractivity contribution in [1.29, 1.82) is 0 Å².